The Kier molecular flexibility index (Phi) is 13.3. The van der Waals surface area contributed by atoms with Crippen LogP contribution in [0.4, 0.5) is 0 Å². The first kappa shape index (κ1) is 33.9. The molecular weight excluding hydrogens is 530 g/mol. The van der Waals surface area contributed by atoms with Gasteiger partial charge in [-0.2, -0.15) is 0 Å². The van der Waals surface area contributed by atoms with Crippen molar-refractivity contribution in [1.82, 2.24) is 10.6 Å². The number of aliphatic hydroxyl groups is 6. The number of hydrogen-bond donors (Lipinski definition) is 13. The zero-order chi connectivity index (χ0) is 29.6. The van der Waals surface area contributed by atoms with Crippen molar-refractivity contribution in [3.05, 3.63) is 0 Å². The topological polar surface area (TPSA) is 303 Å². The van der Waals surface area contributed by atoms with Gasteiger partial charge in [-0.15, -0.1) is 0 Å². The minimum Gasteiger partial charge on any atom is -0.395 e. The largest absolute Gasteiger partial charge is 0.395 e. The molecule has 15 atom stereocenters. The molecule has 0 aromatic carbocycles. The summed E-state index contributed by atoms with van der Waals surface area (Å²) in [5.41, 5.74) is 30.3. The Bertz CT molecular complexity index is 747. The molecule has 3 fully saturated rings. The number of hydrogen-bond acceptors (Lipinski definition) is 16. The summed E-state index contributed by atoms with van der Waals surface area (Å²) in [6, 6.07) is -3.13. The molecule has 1 saturated carbocycles. The summed E-state index contributed by atoms with van der Waals surface area (Å²) in [6.45, 7) is 0.292. The molecule has 16 nitrogen and oxygen atoms in total. The number of nitrogens with one attached hydrogen (secondary N) is 2. The van der Waals surface area contributed by atoms with Crippen LogP contribution in [0.5, 0.6) is 0 Å². The van der Waals surface area contributed by atoms with E-state index in [0.717, 1.165) is 0 Å². The van der Waals surface area contributed by atoms with Crippen LogP contribution in [0.2, 0.25) is 0 Å². The van der Waals surface area contributed by atoms with E-state index in [4.69, 9.17) is 48.0 Å². The molecule has 18 N–H and O–H groups in total. The van der Waals surface area contributed by atoms with E-state index in [-0.39, 0.29) is 25.8 Å². The highest BCUT2D eigenvalue weighted by Gasteiger charge is 2.52. The third-order valence-electron chi connectivity index (χ3n) is 8.25. The van der Waals surface area contributed by atoms with E-state index in [2.05, 4.69) is 10.6 Å². The third-order valence-corrected chi connectivity index (χ3v) is 8.25. The van der Waals surface area contributed by atoms with Crippen molar-refractivity contribution in [2.24, 2.45) is 34.6 Å². The SMILES string of the molecule is NCC(O)CN[C@@H]1C[C@H](N)C([C@H]2O[C@H](CNCC(N)CO)CC[C@H]2N)[C@H](O)[C@H]1O[C@H]1O[C@H](CO)[C@@H](O)[C@H](N)[C@H]1O. The predicted molar refractivity (Wildman–Crippen MR) is 143 cm³/mol. The van der Waals surface area contributed by atoms with E-state index in [1.165, 1.54) is 0 Å². The first-order valence-corrected chi connectivity index (χ1v) is 14.1. The summed E-state index contributed by atoms with van der Waals surface area (Å²) in [6.07, 6.45) is -7.60. The fraction of sp³-hybridized carbons (Fsp3) is 1.00. The van der Waals surface area contributed by atoms with Gasteiger partial charge in [-0.05, 0) is 19.3 Å². The predicted octanol–water partition coefficient (Wildman–Crippen LogP) is -7.09. The molecule has 236 valence electrons. The molecule has 3 rings (SSSR count). The zero-order valence-corrected chi connectivity index (χ0v) is 22.8. The summed E-state index contributed by atoms with van der Waals surface area (Å²) in [5, 5.41) is 67.7. The van der Waals surface area contributed by atoms with Crippen LogP contribution in [0.1, 0.15) is 19.3 Å². The van der Waals surface area contributed by atoms with Crippen LogP contribution < -0.4 is 39.3 Å². The van der Waals surface area contributed by atoms with Crippen LogP contribution >= 0.6 is 0 Å². The van der Waals surface area contributed by atoms with Gasteiger partial charge in [0.2, 0.25) is 0 Å². The minimum absolute atomic E-state index is 0.0151. The third kappa shape index (κ3) is 8.25. The Labute approximate surface area is 234 Å². The summed E-state index contributed by atoms with van der Waals surface area (Å²) in [7, 11) is 0. The van der Waals surface area contributed by atoms with Gasteiger partial charge < -0.3 is 84.2 Å². The normalized spacial score (nSPS) is 44.3. The first-order chi connectivity index (χ1) is 19.0. The van der Waals surface area contributed by atoms with Gasteiger partial charge in [-0.25, -0.2) is 0 Å². The summed E-state index contributed by atoms with van der Waals surface area (Å²) in [4.78, 5) is 0. The molecule has 0 aromatic rings. The zero-order valence-electron chi connectivity index (χ0n) is 22.8. The average Bonchev–Trinajstić information content (AvgIpc) is 2.94. The van der Waals surface area contributed by atoms with Gasteiger partial charge in [0.15, 0.2) is 6.29 Å². The second kappa shape index (κ2) is 15.7. The van der Waals surface area contributed by atoms with Gasteiger partial charge in [0.05, 0.1) is 43.7 Å². The van der Waals surface area contributed by atoms with E-state index in [1.54, 1.807) is 0 Å². The highest BCUT2D eigenvalue weighted by Crippen LogP contribution is 2.36. The molecule has 3 aliphatic rings. The lowest BCUT2D eigenvalue weighted by Crippen LogP contribution is -2.69. The van der Waals surface area contributed by atoms with E-state index in [1.807, 2.05) is 0 Å². The van der Waals surface area contributed by atoms with Gasteiger partial charge in [0.25, 0.3) is 0 Å². The highest BCUT2D eigenvalue weighted by molar-refractivity contribution is 5.05. The fourth-order valence-corrected chi connectivity index (χ4v) is 5.82. The van der Waals surface area contributed by atoms with Gasteiger partial charge in [-0.3, -0.25) is 0 Å². The standard InChI is InChI=1S/C24H51N7O9/c25-4-11(34)6-31-15-3-14(28)17(22-13(27)2-1-12(38-22)7-30-5-10(26)8-32)20(36)23(15)40-24-21(37)18(29)19(35)16(9-33)39-24/h10-24,30-37H,1-9,25-29H2/t10?,11?,12-,13+,14-,15+,16+,17?,18-,19+,20-,21+,22-,23-,24+/m0/s1. The molecule has 2 aliphatic heterocycles. The molecule has 0 aromatic heterocycles. The molecule has 2 heterocycles. The van der Waals surface area contributed by atoms with Gasteiger partial charge >= 0.3 is 0 Å². The van der Waals surface area contributed by atoms with Crippen molar-refractivity contribution < 1.29 is 44.8 Å². The van der Waals surface area contributed by atoms with Gasteiger partial charge in [0, 0.05) is 56.3 Å². The van der Waals surface area contributed by atoms with Crippen LogP contribution in [-0.2, 0) is 14.2 Å². The van der Waals surface area contributed by atoms with Crippen molar-refractivity contribution in [2.75, 3.05) is 39.4 Å². The molecule has 1 aliphatic carbocycles. The maximum Gasteiger partial charge on any atom is 0.186 e. The first-order valence-electron chi connectivity index (χ1n) is 14.1. The molecule has 3 unspecified atom stereocenters. The Hall–Kier alpha value is -0.640. The smallest absolute Gasteiger partial charge is 0.186 e. The quantitative estimate of drug-likeness (QED) is 0.0960. The molecule has 16 heteroatoms. The number of rotatable bonds is 13. The van der Waals surface area contributed by atoms with Crippen molar-refractivity contribution in [3.63, 3.8) is 0 Å². The average molecular weight is 582 g/mol. The van der Waals surface area contributed by atoms with Crippen molar-refractivity contribution in [3.8, 4) is 0 Å². The molecule has 0 amide bonds. The second-order valence-corrected chi connectivity index (χ2v) is 11.3. The fourth-order valence-electron chi connectivity index (χ4n) is 5.82. The van der Waals surface area contributed by atoms with Crippen molar-refractivity contribution in [1.29, 1.82) is 0 Å². The Morgan fingerprint density at radius 2 is 1.68 bits per heavy atom. The molecule has 0 bridgehead atoms. The Balaban J connectivity index is 1.78. The summed E-state index contributed by atoms with van der Waals surface area (Å²) in [5.74, 6) is -0.659. The maximum atomic E-state index is 11.7. The minimum atomic E-state index is -1.46. The number of ether oxygens (including phenoxy) is 3. The monoisotopic (exact) mass is 581 g/mol. The van der Waals surface area contributed by atoms with Crippen LogP contribution in [0.25, 0.3) is 0 Å². The highest BCUT2D eigenvalue weighted by atomic mass is 16.7. The Morgan fingerprint density at radius 1 is 0.950 bits per heavy atom. The van der Waals surface area contributed by atoms with Gasteiger partial charge in [0.1, 0.15) is 24.4 Å². The van der Waals surface area contributed by atoms with Crippen LogP contribution in [0.15, 0.2) is 0 Å². The van der Waals surface area contributed by atoms with Crippen molar-refractivity contribution in [2.45, 2.75) is 105 Å². The number of nitrogens with two attached hydrogens (primary N) is 5. The van der Waals surface area contributed by atoms with Crippen LogP contribution in [0, 0.1) is 5.92 Å². The lowest BCUT2D eigenvalue weighted by Gasteiger charge is -2.51. The maximum absolute atomic E-state index is 11.7. The molecular formula is C24H51N7O9. The summed E-state index contributed by atoms with van der Waals surface area (Å²) >= 11 is 0. The molecule has 2 saturated heterocycles. The molecule has 0 spiro atoms. The van der Waals surface area contributed by atoms with E-state index < -0.39 is 91.8 Å². The Morgan fingerprint density at radius 3 is 2.33 bits per heavy atom. The lowest BCUT2D eigenvalue weighted by molar-refractivity contribution is -0.306. The molecule has 40 heavy (non-hydrogen) atoms. The lowest BCUT2D eigenvalue weighted by atomic mass is 9.72. The number of aliphatic hydroxyl groups excluding tert-OH is 6. The van der Waals surface area contributed by atoms with Crippen molar-refractivity contribution >= 4 is 0 Å². The van der Waals surface area contributed by atoms with E-state index in [9.17, 15) is 25.5 Å². The van der Waals surface area contributed by atoms with Crippen LogP contribution in [0.3, 0.4) is 0 Å². The second-order valence-electron chi connectivity index (χ2n) is 11.3. The van der Waals surface area contributed by atoms with E-state index >= 15 is 0 Å². The van der Waals surface area contributed by atoms with Gasteiger partial charge in [-0.1, -0.05) is 0 Å². The molecule has 0 radical (unpaired) electrons. The summed E-state index contributed by atoms with van der Waals surface area (Å²) < 4.78 is 18.1. The van der Waals surface area contributed by atoms with Crippen LogP contribution in [-0.4, -0.2) is 155 Å². The van der Waals surface area contributed by atoms with E-state index in [0.29, 0.717) is 32.4 Å².